The van der Waals surface area contributed by atoms with Gasteiger partial charge in [-0.05, 0) is 34.6 Å². The van der Waals surface area contributed by atoms with Gasteiger partial charge < -0.3 is 19.5 Å². The Morgan fingerprint density at radius 1 is 1.56 bits per heavy atom. The molecular weight excluding hydrogens is 234 g/mol. The zero-order valence-corrected chi connectivity index (χ0v) is 11.8. The van der Waals surface area contributed by atoms with Gasteiger partial charge in [-0.1, -0.05) is 6.08 Å². The summed E-state index contributed by atoms with van der Waals surface area (Å²) in [7, 11) is 0. The molecule has 1 heterocycles. The molecule has 0 aromatic rings. The number of carbonyl (C=O) groups excluding carboxylic acids is 1. The number of rotatable bonds is 3. The molecule has 1 fully saturated rings. The lowest BCUT2D eigenvalue weighted by Crippen LogP contribution is -2.45. The molecule has 0 saturated carbocycles. The van der Waals surface area contributed by atoms with Crippen LogP contribution in [-0.2, 0) is 14.2 Å². The second kappa shape index (κ2) is 5.28. The summed E-state index contributed by atoms with van der Waals surface area (Å²) in [5, 5.41) is 2.72. The van der Waals surface area contributed by atoms with Crippen molar-refractivity contribution in [3.05, 3.63) is 12.7 Å². The topological polar surface area (TPSA) is 56.8 Å². The van der Waals surface area contributed by atoms with E-state index in [1.807, 2.05) is 34.6 Å². The summed E-state index contributed by atoms with van der Waals surface area (Å²) in [4.78, 5) is 11.7. The molecule has 2 atom stereocenters. The van der Waals surface area contributed by atoms with Crippen molar-refractivity contribution in [3.8, 4) is 0 Å². The average molecular weight is 257 g/mol. The Morgan fingerprint density at radius 2 is 2.17 bits per heavy atom. The number of alkyl carbamates (subject to hydrolysis) is 1. The van der Waals surface area contributed by atoms with E-state index in [-0.39, 0.29) is 12.1 Å². The van der Waals surface area contributed by atoms with Crippen LogP contribution >= 0.6 is 0 Å². The SMILES string of the molecule is C=C[C@H](NC(=O)OC(C)(C)C)[C@H]1COC(C)(C)O1. The number of amides is 1. The third-order valence-electron chi connectivity index (χ3n) is 2.37. The summed E-state index contributed by atoms with van der Waals surface area (Å²) in [6.07, 6.45) is 0.894. The molecule has 0 radical (unpaired) electrons. The van der Waals surface area contributed by atoms with Crippen molar-refractivity contribution in [2.75, 3.05) is 6.61 Å². The lowest BCUT2D eigenvalue weighted by Gasteiger charge is -2.25. The maximum Gasteiger partial charge on any atom is 0.408 e. The summed E-state index contributed by atoms with van der Waals surface area (Å²) >= 11 is 0. The van der Waals surface area contributed by atoms with Gasteiger partial charge in [0.15, 0.2) is 5.79 Å². The minimum atomic E-state index is -0.623. The van der Waals surface area contributed by atoms with Crippen LogP contribution in [0.5, 0.6) is 0 Å². The minimum absolute atomic E-state index is 0.245. The van der Waals surface area contributed by atoms with E-state index in [4.69, 9.17) is 14.2 Å². The van der Waals surface area contributed by atoms with Crippen molar-refractivity contribution < 1.29 is 19.0 Å². The van der Waals surface area contributed by atoms with E-state index in [9.17, 15) is 4.79 Å². The molecule has 18 heavy (non-hydrogen) atoms. The standard InChI is InChI=1S/C13H23NO4/c1-7-9(10-8-16-13(5,6)17-10)14-11(15)18-12(2,3)4/h7,9-10H,1,8H2,2-6H3,(H,14,15)/t9-,10+/m0/s1. The van der Waals surface area contributed by atoms with Crippen LogP contribution in [0.2, 0.25) is 0 Å². The van der Waals surface area contributed by atoms with Crippen LogP contribution in [0.15, 0.2) is 12.7 Å². The van der Waals surface area contributed by atoms with Gasteiger partial charge in [-0.2, -0.15) is 0 Å². The summed E-state index contributed by atoms with van der Waals surface area (Å²) in [5.74, 6) is -0.623. The number of hydrogen-bond acceptors (Lipinski definition) is 4. The lowest BCUT2D eigenvalue weighted by atomic mass is 10.1. The van der Waals surface area contributed by atoms with Gasteiger partial charge in [-0.3, -0.25) is 0 Å². The average Bonchev–Trinajstić information content (AvgIpc) is 2.52. The van der Waals surface area contributed by atoms with Crippen molar-refractivity contribution in [1.82, 2.24) is 5.32 Å². The first-order valence-corrected chi connectivity index (χ1v) is 6.07. The molecule has 0 unspecified atom stereocenters. The molecule has 104 valence electrons. The first-order valence-electron chi connectivity index (χ1n) is 6.07. The molecule has 5 nitrogen and oxygen atoms in total. The summed E-state index contributed by atoms with van der Waals surface area (Å²) in [6, 6.07) is -0.332. The maximum absolute atomic E-state index is 11.7. The van der Waals surface area contributed by atoms with Crippen LogP contribution in [0.1, 0.15) is 34.6 Å². The van der Waals surface area contributed by atoms with Gasteiger partial charge in [0, 0.05) is 0 Å². The molecule has 5 heteroatoms. The van der Waals surface area contributed by atoms with Crippen molar-refractivity contribution in [2.24, 2.45) is 0 Å². The number of carbonyl (C=O) groups is 1. The molecule has 0 aromatic heterocycles. The minimum Gasteiger partial charge on any atom is -0.444 e. The fourth-order valence-corrected chi connectivity index (χ4v) is 1.64. The zero-order valence-electron chi connectivity index (χ0n) is 11.8. The van der Waals surface area contributed by atoms with Gasteiger partial charge >= 0.3 is 6.09 Å². The molecule has 1 amide bonds. The maximum atomic E-state index is 11.7. The number of hydrogen-bond donors (Lipinski definition) is 1. The van der Waals surface area contributed by atoms with Gasteiger partial charge in [0.05, 0.1) is 12.6 Å². The molecule has 1 aliphatic rings. The third-order valence-corrected chi connectivity index (χ3v) is 2.37. The zero-order chi connectivity index (χ0) is 14.0. The van der Waals surface area contributed by atoms with E-state index in [0.29, 0.717) is 6.61 Å². The summed E-state index contributed by atoms with van der Waals surface area (Å²) in [5.41, 5.74) is -0.526. The number of ether oxygens (including phenoxy) is 3. The van der Waals surface area contributed by atoms with Gasteiger partial charge in [0.25, 0.3) is 0 Å². The quantitative estimate of drug-likeness (QED) is 0.788. The highest BCUT2D eigenvalue weighted by Gasteiger charge is 2.37. The van der Waals surface area contributed by atoms with E-state index >= 15 is 0 Å². The first-order chi connectivity index (χ1) is 8.13. The molecule has 0 bridgehead atoms. The Kier molecular flexibility index (Phi) is 4.40. The van der Waals surface area contributed by atoms with Crippen LogP contribution < -0.4 is 5.32 Å². The van der Waals surface area contributed by atoms with Crippen LogP contribution in [0, 0.1) is 0 Å². The van der Waals surface area contributed by atoms with E-state index in [1.165, 1.54) is 0 Å². The van der Waals surface area contributed by atoms with Crippen LogP contribution in [-0.4, -0.2) is 36.2 Å². The molecule has 0 aromatic carbocycles. The molecule has 1 saturated heterocycles. The number of nitrogens with one attached hydrogen (secondary N) is 1. The molecule has 0 aliphatic carbocycles. The van der Waals surface area contributed by atoms with Crippen molar-refractivity contribution in [2.45, 2.75) is 58.2 Å². The van der Waals surface area contributed by atoms with Gasteiger partial charge in [-0.25, -0.2) is 4.79 Å². The van der Waals surface area contributed by atoms with Gasteiger partial charge in [-0.15, -0.1) is 6.58 Å². The van der Waals surface area contributed by atoms with Crippen molar-refractivity contribution >= 4 is 6.09 Å². The van der Waals surface area contributed by atoms with Gasteiger partial charge in [0.2, 0.25) is 0 Å². The molecule has 1 rings (SSSR count). The molecule has 1 N–H and O–H groups in total. The second-order valence-corrected chi connectivity index (χ2v) is 5.77. The summed E-state index contributed by atoms with van der Waals surface area (Å²) in [6.45, 7) is 13.2. The van der Waals surface area contributed by atoms with Crippen LogP contribution in [0.25, 0.3) is 0 Å². The second-order valence-electron chi connectivity index (χ2n) is 5.77. The van der Waals surface area contributed by atoms with Crippen LogP contribution in [0.3, 0.4) is 0 Å². The third kappa shape index (κ3) is 4.66. The highest BCUT2D eigenvalue weighted by atomic mass is 16.7. The van der Waals surface area contributed by atoms with Crippen molar-refractivity contribution in [3.63, 3.8) is 0 Å². The molecule has 1 aliphatic heterocycles. The smallest absolute Gasteiger partial charge is 0.408 e. The first kappa shape index (κ1) is 15.0. The van der Waals surface area contributed by atoms with E-state index < -0.39 is 17.5 Å². The Morgan fingerprint density at radius 3 is 2.56 bits per heavy atom. The highest BCUT2D eigenvalue weighted by Crippen LogP contribution is 2.24. The van der Waals surface area contributed by atoms with E-state index in [0.717, 1.165) is 0 Å². The largest absolute Gasteiger partial charge is 0.444 e. The monoisotopic (exact) mass is 257 g/mol. The molecule has 0 spiro atoms. The predicted molar refractivity (Wildman–Crippen MR) is 68.3 cm³/mol. The predicted octanol–water partition coefficient (Wildman–Crippen LogP) is 2.22. The fraction of sp³-hybridized carbons (Fsp3) is 0.769. The lowest BCUT2D eigenvalue weighted by molar-refractivity contribution is -0.140. The van der Waals surface area contributed by atoms with Crippen LogP contribution in [0.4, 0.5) is 4.79 Å². The normalized spacial score (nSPS) is 24.4. The Bertz CT molecular complexity index is 319. The Balaban J connectivity index is 2.53. The fourth-order valence-electron chi connectivity index (χ4n) is 1.64. The summed E-state index contributed by atoms with van der Waals surface area (Å²) < 4.78 is 16.3. The van der Waals surface area contributed by atoms with E-state index in [2.05, 4.69) is 11.9 Å². The molecular formula is C13H23NO4. The van der Waals surface area contributed by atoms with E-state index in [1.54, 1.807) is 6.08 Å². The highest BCUT2D eigenvalue weighted by molar-refractivity contribution is 5.68. The van der Waals surface area contributed by atoms with Gasteiger partial charge in [0.1, 0.15) is 11.7 Å². The Hall–Kier alpha value is -1.07. The Labute approximate surface area is 108 Å². The van der Waals surface area contributed by atoms with Crippen molar-refractivity contribution in [1.29, 1.82) is 0 Å².